The van der Waals surface area contributed by atoms with E-state index >= 15 is 0 Å². The number of imidazole rings is 1. The van der Waals surface area contributed by atoms with Gasteiger partial charge in [-0.1, -0.05) is 0 Å². The van der Waals surface area contributed by atoms with Gasteiger partial charge in [0.05, 0.1) is 16.8 Å². The monoisotopic (exact) mass is 296 g/mol. The van der Waals surface area contributed by atoms with Crippen LogP contribution < -0.4 is 0 Å². The van der Waals surface area contributed by atoms with Crippen molar-refractivity contribution in [3.8, 4) is 0 Å². The molecule has 0 aromatic carbocycles. The molecular formula is C12H13BrN2O2. The quantitative estimate of drug-likeness (QED) is 0.801. The second-order valence-corrected chi connectivity index (χ2v) is 4.60. The lowest BCUT2D eigenvalue weighted by atomic mass is 10.3. The van der Waals surface area contributed by atoms with Gasteiger partial charge in [0.1, 0.15) is 0 Å². The summed E-state index contributed by atoms with van der Waals surface area (Å²) >= 11 is 3.43. The Labute approximate surface area is 108 Å². The van der Waals surface area contributed by atoms with E-state index in [-0.39, 0.29) is 5.97 Å². The number of aryl methyl sites for hydroxylation is 2. The van der Waals surface area contributed by atoms with E-state index in [9.17, 15) is 4.79 Å². The van der Waals surface area contributed by atoms with Crippen molar-refractivity contribution in [1.29, 1.82) is 0 Å². The summed E-state index contributed by atoms with van der Waals surface area (Å²) in [6.45, 7) is 5.90. The topological polar surface area (TPSA) is 43.6 Å². The van der Waals surface area contributed by atoms with Crippen molar-refractivity contribution < 1.29 is 9.53 Å². The van der Waals surface area contributed by atoms with Crippen molar-refractivity contribution in [2.45, 2.75) is 20.8 Å². The Balaban J connectivity index is 2.74. The molecule has 0 bridgehead atoms. The molecule has 0 aliphatic heterocycles. The van der Waals surface area contributed by atoms with E-state index in [1.54, 1.807) is 6.92 Å². The fourth-order valence-electron chi connectivity index (χ4n) is 1.81. The predicted molar refractivity (Wildman–Crippen MR) is 68.3 cm³/mol. The highest BCUT2D eigenvalue weighted by molar-refractivity contribution is 9.10. The van der Waals surface area contributed by atoms with Gasteiger partial charge in [0.2, 0.25) is 0 Å². The van der Waals surface area contributed by atoms with Crippen LogP contribution in [-0.2, 0) is 4.74 Å². The summed E-state index contributed by atoms with van der Waals surface area (Å²) in [5, 5.41) is 0. The summed E-state index contributed by atoms with van der Waals surface area (Å²) in [5.41, 5.74) is 2.87. The number of aromatic nitrogens is 2. The van der Waals surface area contributed by atoms with Crippen LogP contribution >= 0.6 is 15.9 Å². The largest absolute Gasteiger partial charge is 0.461 e. The van der Waals surface area contributed by atoms with Gasteiger partial charge in [0.25, 0.3) is 0 Å². The number of carbonyl (C=O) groups is 1. The van der Waals surface area contributed by atoms with Gasteiger partial charge in [-0.25, -0.2) is 9.78 Å². The van der Waals surface area contributed by atoms with Crippen LogP contribution in [-0.4, -0.2) is 22.0 Å². The number of rotatable bonds is 2. The standard InChI is InChI=1S/C12H13BrN2O2/c1-4-17-12(16)10-8(3)14-11-9(13)6-5-7(2)15(10)11/h5-6H,4H2,1-3H3. The number of nitrogens with zero attached hydrogens (tertiary/aromatic N) is 2. The zero-order valence-electron chi connectivity index (χ0n) is 9.95. The second kappa shape index (κ2) is 4.49. The van der Waals surface area contributed by atoms with E-state index in [2.05, 4.69) is 20.9 Å². The van der Waals surface area contributed by atoms with Crippen molar-refractivity contribution in [3.05, 3.63) is 33.7 Å². The second-order valence-electron chi connectivity index (χ2n) is 3.75. The summed E-state index contributed by atoms with van der Waals surface area (Å²) in [4.78, 5) is 16.3. The molecule has 4 nitrogen and oxygen atoms in total. The number of pyridine rings is 1. The Morgan fingerprint density at radius 1 is 1.47 bits per heavy atom. The Morgan fingerprint density at radius 3 is 2.82 bits per heavy atom. The van der Waals surface area contributed by atoms with E-state index in [0.29, 0.717) is 18.0 Å². The third-order valence-corrected chi connectivity index (χ3v) is 3.18. The molecular weight excluding hydrogens is 284 g/mol. The van der Waals surface area contributed by atoms with Crippen molar-refractivity contribution in [3.63, 3.8) is 0 Å². The summed E-state index contributed by atoms with van der Waals surface area (Å²) in [5.74, 6) is -0.335. The van der Waals surface area contributed by atoms with Crippen LogP contribution in [0.1, 0.15) is 28.8 Å². The number of hydrogen-bond donors (Lipinski definition) is 0. The van der Waals surface area contributed by atoms with Gasteiger partial charge in [0, 0.05) is 5.69 Å². The average Bonchev–Trinajstić information content (AvgIpc) is 2.63. The lowest BCUT2D eigenvalue weighted by Crippen LogP contribution is -2.10. The number of fused-ring (bicyclic) bond motifs is 1. The van der Waals surface area contributed by atoms with E-state index in [0.717, 1.165) is 15.8 Å². The molecule has 0 atom stereocenters. The Hall–Kier alpha value is -1.36. The minimum absolute atomic E-state index is 0.335. The normalized spacial score (nSPS) is 10.8. The SMILES string of the molecule is CCOC(=O)c1c(C)nc2c(Br)ccc(C)n12. The molecule has 2 aromatic rings. The van der Waals surface area contributed by atoms with E-state index in [1.165, 1.54) is 0 Å². The molecule has 90 valence electrons. The molecule has 5 heteroatoms. The summed E-state index contributed by atoms with van der Waals surface area (Å²) in [6, 6.07) is 3.85. The first-order valence-corrected chi connectivity index (χ1v) is 6.16. The van der Waals surface area contributed by atoms with E-state index < -0.39 is 0 Å². The first-order valence-electron chi connectivity index (χ1n) is 5.37. The lowest BCUT2D eigenvalue weighted by Gasteiger charge is -2.06. The molecule has 0 saturated carbocycles. The lowest BCUT2D eigenvalue weighted by molar-refractivity contribution is 0.0517. The van der Waals surface area contributed by atoms with Gasteiger partial charge in [-0.3, -0.25) is 4.40 Å². The molecule has 0 fully saturated rings. The zero-order valence-corrected chi connectivity index (χ0v) is 11.5. The molecule has 0 amide bonds. The minimum Gasteiger partial charge on any atom is -0.461 e. The third-order valence-electron chi connectivity index (χ3n) is 2.56. The van der Waals surface area contributed by atoms with Gasteiger partial charge in [-0.05, 0) is 48.8 Å². The van der Waals surface area contributed by atoms with Gasteiger partial charge in [-0.2, -0.15) is 0 Å². The fourth-order valence-corrected chi connectivity index (χ4v) is 2.21. The molecule has 0 aliphatic rings. The number of hydrogen-bond acceptors (Lipinski definition) is 3. The first-order chi connectivity index (χ1) is 8.06. The van der Waals surface area contributed by atoms with Crippen LogP contribution in [0.4, 0.5) is 0 Å². The molecule has 0 N–H and O–H groups in total. The van der Waals surface area contributed by atoms with Gasteiger partial charge >= 0.3 is 5.97 Å². The zero-order chi connectivity index (χ0) is 12.6. The maximum Gasteiger partial charge on any atom is 0.357 e. The number of ether oxygens (including phenoxy) is 1. The Bertz CT molecular complexity index is 590. The van der Waals surface area contributed by atoms with Crippen LogP contribution in [0.25, 0.3) is 5.65 Å². The Kier molecular flexibility index (Phi) is 3.19. The van der Waals surface area contributed by atoms with Crippen molar-refractivity contribution >= 4 is 27.5 Å². The van der Waals surface area contributed by atoms with Crippen LogP contribution in [0.2, 0.25) is 0 Å². The van der Waals surface area contributed by atoms with E-state index in [4.69, 9.17) is 4.74 Å². The summed E-state index contributed by atoms with van der Waals surface area (Å²) in [6.07, 6.45) is 0. The molecule has 0 saturated heterocycles. The molecule has 2 rings (SSSR count). The highest BCUT2D eigenvalue weighted by Crippen LogP contribution is 2.23. The number of carbonyl (C=O) groups excluding carboxylic acids is 1. The maximum atomic E-state index is 11.9. The number of halogens is 1. The average molecular weight is 297 g/mol. The smallest absolute Gasteiger partial charge is 0.357 e. The maximum absolute atomic E-state index is 11.9. The summed E-state index contributed by atoms with van der Waals surface area (Å²) in [7, 11) is 0. The molecule has 0 radical (unpaired) electrons. The summed E-state index contributed by atoms with van der Waals surface area (Å²) < 4.78 is 7.73. The van der Waals surface area contributed by atoms with Gasteiger partial charge < -0.3 is 4.74 Å². The van der Waals surface area contributed by atoms with Crippen LogP contribution in [0, 0.1) is 13.8 Å². The molecule has 2 aromatic heterocycles. The van der Waals surface area contributed by atoms with Gasteiger partial charge in [-0.15, -0.1) is 0 Å². The minimum atomic E-state index is -0.335. The molecule has 0 spiro atoms. The highest BCUT2D eigenvalue weighted by Gasteiger charge is 2.19. The third kappa shape index (κ3) is 1.95. The van der Waals surface area contributed by atoms with Crippen LogP contribution in [0.15, 0.2) is 16.6 Å². The van der Waals surface area contributed by atoms with Crippen molar-refractivity contribution in [2.75, 3.05) is 6.61 Å². The van der Waals surface area contributed by atoms with Crippen molar-refractivity contribution in [2.24, 2.45) is 0 Å². The predicted octanol–water partition coefficient (Wildman–Crippen LogP) is 2.89. The van der Waals surface area contributed by atoms with Crippen LogP contribution in [0.5, 0.6) is 0 Å². The molecule has 0 aliphatic carbocycles. The first kappa shape index (κ1) is 12.1. The van der Waals surface area contributed by atoms with E-state index in [1.807, 2.05) is 30.4 Å². The highest BCUT2D eigenvalue weighted by atomic mass is 79.9. The Morgan fingerprint density at radius 2 is 2.18 bits per heavy atom. The van der Waals surface area contributed by atoms with Crippen LogP contribution in [0.3, 0.4) is 0 Å². The molecule has 0 unspecified atom stereocenters. The molecule has 2 heterocycles. The molecule has 17 heavy (non-hydrogen) atoms. The number of esters is 1. The van der Waals surface area contributed by atoms with Gasteiger partial charge in [0.15, 0.2) is 11.3 Å². The van der Waals surface area contributed by atoms with Crippen molar-refractivity contribution in [1.82, 2.24) is 9.38 Å². The fraction of sp³-hybridized carbons (Fsp3) is 0.333.